The van der Waals surface area contributed by atoms with Gasteiger partial charge in [-0.15, -0.1) is 0 Å². The van der Waals surface area contributed by atoms with Gasteiger partial charge < -0.3 is 14.2 Å². The van der Waals surface area contributed by atoms with E-state index < -0.39 is 6.10 Å². The first-order chi connectivity index (χ1) is 36.0. The van der Waals surface area contributed by atoms with Gasteiger partial charge in [0.15, 0.2) is 6.10 Å². The summed E-state index contributed by atoms with van der Waals surface area (Å²) in [7, 11) is 0. The molecule has 0 aliphatic heterocycles. The van der Waals surface area contributed by atoms with Crippen molar-refractivity contribution in [3.8, 4) is 0 Å². The third-order valence-corrected chi connectivity index (χ3v) is 15.6. The van der Waals surface area contributed by atoms with Crippen molar-refractivity contribution in [2.45, 2.75) is 399 Å². The molecule has 0 radical (unpaired) electrons. The maximum absolute atomic E-state index is 12.8. The van der Waals surface area contributed by atoms with Crippen molar-refractivity contribution in [1.82, 2.24) is 0 Å². The van der Waals surface area contributed by atoms with E-state index in [2.05, 4.69) is 20.8 Å². The highest BCUT2D eigenvalue weighted by atomic mass is 16.6. The lowest BCUT2D eigenvalue weighted by Gasteiger charge is -2.18. The van der Waals surface area contributed by atoms with Gasteiger partial charge in [-0.25, -0.2) is 0 Å². The minimum atomic E-state index is -0.760. The molecule has 0 aliphatic rings. The van der Waals surface area contributed by atoms with E-state index in [1.54, 1.807) is 0 Å². The van der Waals surface area contributed by atoms with Crippen LogP contribution in [0, 0.1) is 0 Å². The Hall–Kier alpha value is -1.59. The largest absolute Gasteiger partial charge is 0.462 e. The van der Waals surface area contributed by atoms with E-state index in [1.165, 1.54) is 289 Å². The van der Waals surface area contributed by atoms with E-state index in [9.17, 15) is 14.4 Å². The molecule has 0 N–H and O–H groups in total. The van der Waals surface area contributed by atoms with Gasteiger partial charge in [0.25, 0.3) is 0 Å². The quantitative estimate of drug-likeness (QED) is 0.0343. The average molecular weight is 1030 g/mol. The van der Waals surface area contributed by atoms with Gasteiger partial charge in [0.05, 0.1) is 0 Å². The highest BCUT2D eigenvalue weighted by Crippen LogP contribution is 2.19. The summed E-state index contributed by atoms with van der Waals surface area (Å²) >= 11 is 0. The van der Waals surface area contributed by atoms with Crippen LogP contribution in [0.2, 0.25) is 0 Å². The van der Waals surface area contributed by atoms with Crippen molar-refractivity contribution in [3.63, 3.8) is 0 Å². The Morgan fingerprint density at radius 3 is 0.548 bits per heavy atom. The standard InChI is InChI=1S/C67H130O6/c1-4-7-10-13-15-17-19-21-23-25-27-29-31-32-33-34-36-37-39-41-43-45-47-49-51-54-57-60-66(69)72-63-64(62-71-65(68)59-56-53-12-9-6-3)73-67(70)61-58-55-52-50-48-46-44-42-40-38-35-30-28-26-24-22-20-18-16-14-11-8-5-2/h64H,4-63H2,1-3H3. The van der Waals surface area contributed by atoms with Crippen LogP contribution in [-0.2, 0) is 28.6 Å². The molecule has 0 aromatic heterocycles. The number of carbonyl (C=O) groups is 3. The SMILES string of the molecule is CCCCCCCCCCCCCCCCCCCCCCCCCCCCCC(=O)OCC(COC(=O)CCCCCCC)OC(=O)CCCCCCCCCCCCCCCCCCCCCCCCC. The Morgan fingerprint density at radius 1 is 0.219 bits per heavy atom. The second-order valence-electron chi connectivity index (χ2n) is 23.1. The summed E-state index contributed by atoms with van der Waals surface area (Å²) in [6.45, 7) is 6.64. The van der Waals surface area contributed by atoms with Gasteiger partial charge in [-0.3, -0.25) is 14.4 Å². The zero-order chi connectivity index (χ0) is 52.9. The van der Waals surface area contributed by atoms with E-state index in [4.69, 9.17) is 14.2 Å². The van der Waals surface area contributed by atoms with Crippen LogP contribution in [0.25, 0.3) is 0 Å². The lowest BCUT2D eigenvalue weighted by atomic mass is 10.0. The molecule has 0 rings (SSSR count). The van der Waals surface area contributed by atoms with Gasteiger partial charge in [0, 0.05) is 19.3 Å². The van der Waals surface area contributed by atoms with Crippen LogP contribution in [-0.4, -0.2) is 37.2 Å². The highest BCUT2D eigenvalue weighted by Gasteiger charge is 2.19. The zero-order valence-corrected chi connectivity index (χ0v) is 50.0. The molecule has 1 atom stereocenters. The first-order valence-corrected chi connectivity index (χ1v) is 33.5. The number of hydrogen-bond acceptors (Lipinski definition) is 6. The number of carbonyl (C=O) groups excluding carboxylic acids is 3. The fraction of sp³-hybridized carbons (Fsp3) is 0.955. The molecule has 0 heterocycles. The summed E-state index contributed by atoms with van der Waals surface area (Å²) < 4.78 is 16.8. The second-order valence-corrected chi connectivity index (χ2v) is 23.1. The van der Waals surface area contributed by atoms with Crippen LogP contribution >= 0.6 is 0 Å². The van der Waals surface area contributed by atoms with Crippen molar-refractivity contribution < 1.29 is 28.6 Å². The summed E-state index contributed by atoms with van der Waals surface area (Å²) in [5, 5.41) is 0. The lowest BCUT2D eigenvalue weighted by Crippen LogP contribution is -2.30. The first-order valence-electron chi connectivity index (χ1n) is 33.5. The predicted octanol–water partition coefficient (Wildman–Crippen LogP) is 22.7. The minimum Gasteiger partial charge on any atom is -0.462 e. The van der Waals surface area contributed by atoms with Crippen LogP contribution in [0.1, 0.15) is 393 Å². The van der Waals surface area contributed by atoms with Crippen LogP contribution < -0.4 is 0 Å². The van der Waals surface area contributed by atoms with Crippen LogP contribution in [0.15, 0.2) is 0 Å². The van der Waals surface area contributed by atoms with Crippen molar-refractivity contribution in [2.75, 3.05) is 13.2 Å². The maximum atomic E-state index is 12.8. The number of hydrogen-bond donors (Lipinski definition) is 0. The van der Waals surface area contributed by atoms with E-state index in [1.807, 2.05) is 0 Å². The molecule has 0 amide bonds. The van der Waals surface area contributed by atoms with E-state index >= 15 is 0 Å². The Morgan fingerprint density at radius 2 is 0.370 bits per heavy atom. The molecule has 0 fully saturated rings. The molecule has 0 spiro atoms. The molecule has 0 aliphatic carbocycles. The molecule has 1 unspecified atom stereocenters. The third kappa shape index (κ3) is 61.1. The molecule has 0 bridgehead atoms. The maximum Gasteiger partial charge on any atom is 0.306 e. The number of rotatable bonds is 63. The molecule has 0 saturated carbocycles. The summed E-state index contributed by atoms with van der Waals surface area (Å²) in [5.41, 5.74) is 0. The molecule has 0 saturated heterocycles. The lowest BCUT2D eigenvalue weighted by molar-refractivity contribution is -0.167. The summed E-state index contributed by atoms with van der Waals surface area (Å²) in [5.74, 6) is -0.845. The molecule has 6 heteroatoms. The topological polar surface area (TPSA) is 78.9 Å². The summed E-state index contributed by atoms with van der Waals surface area (Å²) in [4.78, 5) is 37.9. The monoisotopic (exact) mass is 1030 g/mol. The highest BCUT2D eigenvalue weighted by molar-refractivity contribution is 5.71. The molecule has 0 aromatic rings. The normalized spacial score (nSPS) is 11.9. The van der Waals surface area contributed by atoms with Gasteiger partial charge in [0.1, 0.15) is 13.2 Å². The van der Waals surface area contributed by atoms with Crippen molar-refractivity contribution in [1.29, 1.82) is 0 Å². The molecular weight excluding hydrogens is 901 g/mol. The Labute approximate surface area is 457 Å². The van der Waals surface area contributed by atoms with Gasteiger partial charge in [-0.1, -0.05) is 355 Å². The van der Waals surface area contributed by atoms with E-state index in [0.717, 1.165) is 64.2 Å². The first kappa shape index (κ1) is 71.4. The minimum absolute atomic E-state index is 0.0622. The molecular formula is C67H130O6. The molecule has 0 aromatic carbocycles. The molecule has 6 nitrogen and oxygen atoms in total. The Bertz CT molecular complexity index is 1090. The summed E-state index contributed by atoms with van der Waals surface area (Å²) in [6.07, 6.45) is 73.3. The smallest absolute Gasteiger partial charge is 0.306 e. The average Bonchev–Trinajstić information content (AvgIpc) is 3.39. The van der Waals surface area contributed by atoms with Crippen molar-refractivity contribution in [3.05, 3.63) is 0 Å². The van der Waals surface area contributed by atoms with E-state index in [-0.39, 0.29) is 31.1 Å². The number of unbranched alkanes of at least 4 members (excludes halogenated alkanes) is 52. The van der Waals surface area contributed by atoms with Gasteiger partial charge in [0.2, 0.25) is 0 Å². The van der Waals surface area contributed by atoms with Crippen LogP contribution in [0.3, 0.4) is 0 Å². The van der Waals surface area contributed by atoms with Crippen molar-refractivity contribution >= 4 is 17.9 Å². The Kier molecular flexibility index (Phi) is 61.6. The number of ether oxygens (including phenoxy) is 3. The van der Waals surface area contributed by atoms with Crippen molar-refractivity contribution in [2.24, 2.45) is 0 Å². The van der Waals surface area contributed by atoms with E-state index in [0.29, 0.717) is 19.3 Å². The zero-order valence-electron chi connectivity index (χ0n) is 50.0. The van der Waals surface area contributed by atoms with Crippen LogP contribution in [0.4, 0.5) is 0 Å². The predicted molar refractivity (Wildman–Crippen MR) is 317 cm³/mol. The van der Waals surface area contributed by atoms with Crippen LogP contribution in [0.5, 0.6) is 0 Å². The van der Waals surface area contributed by atoms with Gasteiger partial charge in [-0.05, 0) is 19.3 Å². The molecule has 73 heavy (non-hydrogen) atoms. The Balaban J connectivity index is 3.92. The fourth-order valence-electron chi connectivity index (χ4n) is 10.6. The second kappa shape index (κ2) is 62.9. The van der Waals surface area contributed by atoms with Gasteiger partial charge in [-0.2, -0.15) is 0 Å². The third-order valence-electron chi connectivity index (χ3n) is 15.6. The molecule has 434 valence electrons. The summed E-state index contributed by atoms with van der Waals surface area (Å²) in [6, 6.07) is 0. The van der Waals surface area contributed by atoms with Gasteiger partial charge >= 0.3 is 17.9 Å². The number of esters is 3. The fourth-order valence-corrected chi connectivity index (χ4v) is 10.6.